The van der Waals surface area contributed by atoms with Crippen molar-refractivity contribution < 1.29 is 0 Å². The molecule has 0 amide bonds. The summed E-state index contributed by atoms with van der Waals surface area (Å²) in [5.74, 6) is 0.900. The van der Waals surface area contributed by atoms with E-state index < -0.39 is 0 Å². The first-order valence-corrected chi connectivity index (χ1v) is 10.2. The first kappa shape index (κ1) is 17.5. The lowest BCUT2D eigenvalue weighted by molar-refractivity contribution is 0.980. The number of aromatic nitrogens is 3. The number of rotatable bonds is 4. The molecular formula is C24H18N4S. The normalized spacial score (nSPS) is 11.8. The molecule has 0 aliphatic carbocycles. The van der Waals surface area contributed by atoms with Gasteiger partial charge in [-0.05, 0) is 34.6 Å². The predicted octanol–water partition coefficient (Wildman–Crippen LogP) is 5.25. The maximum absolute atomic E-state index is 4.87. The van der Waals surface area contributed by atoms with Gasteiger partial charge in [0, 0.05) is 23.3 Å². The molecule has 0 spiro atoms. The van der Waals surface area contributed by atoms with Crippen molar-refractivity contribution in [1.29, 1.82) is 0 Å². The van der Waals surface area contributed by atoms with Crippen LogP contribution in [0.4, 0.5) is 0 Å². The van der Waals surface area contributed by atoms with Crippen LogP contribution in [0.5, 0.6) is 0 Å². The molecule has 0 unspecified atom stereocenters. The van der Waals surface area contributed by atoms with Crippen molar-refractivity contribution >= 4 is 22.3 Å². The number of pyridine rings is 1. The van der Waals surface area contributed by atoms with E-state index in [1.807, 2.05) is 36.5 Å². The summed E-state index contributed by atoms with van der Waals surface area (Å²) >= 11 is 1.56. The fourth-order valence-corrected chi connectivity index (χ4v) is 4.22. The summed E-state index contributed by atoms with van der Waals surface area (Å²) in [6, 6.07) is 29.0. The maximum atomic E-state index is 4.87. The molecular weight excluding hydrogens is 376 g/mol. The zero-order chi connectivity index (χ0) is 19.5. The highest BCUT2D eigenvalue weighted by atomic mass is 32.1. The average Bonchev–Trinajstić information content (AvgIpc) is 3.23. The third kappa shape index (κ3) is 3.60. The first-order chi connectivity index (χ1) is 14.4. The molecule has 140 valence electrons. The van der Waals surface area contributed by atoms with Crippen LogP contribution in [-0.2, 0) is 6.54 Å². The van der Waals surface area contributed by atoms with E-state index in [4.69, 9.17) is 9.98 Å². The summed E-state index contributed by atoms with van der Waals surface area (Å²) < 4.78 is 2.18. The van der Waals surface area contributed by atoms with E-state index in [0.717, 1.165) is 27.4 Å². The largest absolute Gasteiger partial charge is 0.264 e. The van der Waals surface area contributed by atoms with Gasteiger partial charge < -0.3 is 0 Å². The first-order valence-electron chi connectivity index (χ1n) is 9.42. The highest BCUT2D eigenvalue weighted by molar-refractivity contribution is 7.04. The van der Waals surface area contributed by atoms with Crippen LogP contribution in [0, 0.1) is 0 Å². The van der Waals surface area contributed by atoms with Gasteiger partial charge in [-0.15, -0.1) is 0 Å². The van der Waals surface area contributed by atoms with Gasteiger partial charge in [-0.1, -0.05) is 72.8 Å². The van der Waals surface area contributed by atoms with Gasteiger partial charge in [0.2, 0.25) is 4.80 Å². The van der Waals surface area contributed by atoms with Gasteiger partial charge in [-0.25, -0.2) is 3.96 Å². The highest BCUT2D eigenvalue weighted by Crippen LogP contribution is 2.27. The van der Waals surface area contributed by atoms with Gasteiger partial charge in [-0.2, -0.15) is 4.98 Å². The molecule has 5 aromatic rings. The average molecular weight is 395 g/mol. The number of hydrogen-bond acceptors (Lipinski definition) is 4. The summed E-state index contributed by atoms with van der Waals surface area (Å²) in [5.41, 5.74) is 3.25. The molecule has 2 aromatic heterocycles. The second-order valence-corrected chi connectivity index (χ2v) is 7.56. The van der Waals surface area contributed by atoms with Crippen LogP contribution in [0.25, 0.3) is 27.8 Å². The van der Waals surface area contributed by atoms with E-state index in [9.17, 15) is 0 Å². The third-order valence-corrected chi connectivity index (χ3v) is 5.64. The van der Waals surface area contributed by atoms with Crippen molar-refractivity contribution in [3.8, 4) is 17.1 Å². The lowest BCUT2D eigenvalue weighted by Crippen LogP contribution is -1.99. The Balaban J connectivity index is 1.68. The van der Waals surface area contributed by atoms with Crippen LogP contribution in [0.2, 0.25) is 0 Å². The van der Waals surface area contributed by atoms with Crippen LogP contribution >= 0.6 is 11.5 Å². The summed E-state index contributed by atoms with van der Waals surface area (Å²) in [6.07, 6.45) is 3.61. The van der Waals surface area contributed by atoms with Crippen molar-refractivity contribution in [1.82, 2.24) is 13.9 Å². The van der Waals surface area contributed by atoms with Crippen LogP contribution in [0.3, 0.4) is 0 Å². The Morgan fingerprint density at radius 3 is 2.52 bits per heavy atom. The van der Waals surface area contributed by atoms with E-state index in [1.54, 1.807) is 17.7 Å². The molecule has 0 atom stereocenters. The molecule has 4 nitrogen and oxygen atoms in total. The molecule has 0 fully saturated rings. The van der Waals surface area contributed by atoms with Gasteiger partial charge in [0.1, 0.15) is 0 Å². The van der Waals surface area contributed by atoms with Crippen molar-refractivity contribution in [2.75, 3.05) is 0 Å². The molecule has 0 saturated carbocycles. The van der Waals surface area contributed by atoms with E-state index >= 15 is 0 Å². The molecule has 0 aliphatic heterocycles. The van der Waals surface area contributed by atoms with Gasteiger partial charge in [0.05, 0.1) is 12.2 Å². The second-order valence-electron chi connectivity index (χ2n) is 6.65. The fraction of sp³-hybridized carbons (Fsp3) is 0.0417. The van der Waals surface area contributed by atoms with E-state index in [-0.39, 0.29) is 0 Å². The van der Waals surface area contributed by atoms with Gasteiger partial charge >= 0.3 is 0 Å². The molecule has 0 radical (unpaired) electrons. The topological polar surface area (TPSA) is 43.1 Å². The number of fused-ring (bicyclic) bond motifs is 1. The fourth-order valence-electron chi connectivity index (χ4n) is 3.31. The molecule has 29 heavy (non-hydrogen) atoms. The van der Waals surface area contributed by atoms with Crippen LogP contribution < -0.4 is 4.80 Å². The van der Waals surface area contributed by atoms with Gasteiger partial charge in [0.15, 0.2) is 5.82 Å². The number of hydrogen-bond donors (Lipinski definition) is 0. The molecule has 0 bridgehead atoms. The Bertz CT molecular complexity index is 1320. The highest BCUT2D eigenvalue weighted by Gasteiger charge is 2.13. The van der Waals surface area contributed by atoms with Gasteiger partial charge in [-0.3, -0.25) is 9.98 Å². The molecule has 5 rings (SSSR count). The van der Waals surface area contributed by atoms with Gasteiger partial charge in [0.25, 0.3) is 0 Å². The molecule has 5 heteroatoms. The summed E-state index contributed by atoms with van der Waals surface area (Å²) in [7, 11) is 0. The van der Waals surface area contributed by atoms with Crippen molar-refractivity contribution in [2.45, 2.75) is 6.54 Å². The Hall–Kier alpha value is -3.57. The van der Waals surface area contributed by atoms with Crippen molar-refractivity contribution in [3.63, 3.8) is 0 Å². The predicted molar refractivity (Wildman–Crippen MR) is 118 cm³/mol. The maximum Gasteiger partial charge on any atom is 0.223 e. The Labute approximate surface area is 172 Å². The third-order valence-electron chi connectivity index (χ3n) is 4.70. The number of benzene rings is 3. The van der Waals surface area contributed by atoms with Crippen molar-refractivity contribution in [2.24, 2.45) is 4.99 Å². The summed E-state index contributed by atoms with van der Waals surface area (Å²) in [6.45, 7) is 0.561. The van der Waals surface area contributed by atoms with Crippen LogP contribution in [0.1, 0.15) is 5.56 Å². The Kier molecular flexibility index (Phi) is 4.72. The molecule has 0 saturated heterocycles. The minimum atomic E-state index is 0.561. The van der Waals surface area contributed by atoms with E-state index in [1.165, 1.54) is 10.8 Å². The SMILES string of the molecule is c1ccc(-c2n/c(=N/Cc3cccnc3)sn2-c2cccc3ccccc23)cc1. The Morgan fingerprint density at radius 1 is 0.828 bits per heavy atom. The monoisotopic (exact) mass is 394 g/mol. The summed E-state index contributed by atoms with van der Waals surface area (Å²) in [4.78, 5) is 14.5. The van der Waals surface area contributed by atoms with E-state index in [0.29, 0.717) is 6.54 Å². The van der Waals surface area contributed by atoms with Crippen LogP contribution in [-0.4, -0.2) is 13.9 Å². The van der Waals surface area contributed by atoms with Crippen LogP contribution in [0.15, 0.2) is 102 Å². The Morgan fingerprint density at radius 2 is 1.66 bits per heavy atom. The second kappa shape index (κ2) is 7.81. The quantitative estimate of drug-likeness (QED) is 0.418. The zero-order valence-electron chi connectivity index (χ0n) is 15.6. The molecule has 0 aliphatic rings. The molecule has 2 heterocycles. The smallest absolute Gasteiger partial charge is 0.223 e. The lowest BCUT2D eigenvalue weighted by Gasteiger charge is -2.09. The minimum absolute atomic E-state index is 0.561. The lowest BCUT2D eigenvalue weighted by atomic mass is 10.1. The molecule has 0 N–H and O–H groups in total. The molecule has 3 aromatic carbocycles. The summed E-state index contributed by atoms with van der Waals surface area (Å²) in [5, 5.41) is 2.40. The zero-order valence-corrected chi connectivity index (χ0v) is 16.5. The van der Waals surface area contributed by atoms with E-state index in [2.05, 4.69) is 63.5 Å². The minimum Gasteiger partial charge on any atom is -0.264 e. The van der Waals surface area contributed by atoms with Crippen molar-refractivity contribution in [3.05, 3.63) is 108 Å². The standard InChI is InChI=1S/C24H18N4S/c1-2-10-20(11-3-1)23-27-24(26-17-18-8-7-15-25-16-18)29-28(23)22-14-6-12-19-9-4-5-13-21(19)22/h1-16H,17H2/b26-24-. The number of nitrogens with zero attached hydrogens (tertiary/aromatic N) is 4.